The van der Waals surface area contributed by atoms with Crippen molar-refractivity contribution in [2.45, 2.75) is 44.7 Å². The summed E-state index contributed by atoms with van der Waals surface area (Å²) in [5.74, 6) is -1.03. The first-order valence-electron chi connectivity index (χ1n) is 11.1. The summed E-state index contributed by atoms with van der Waals surface area (Å²) in [6.45, 7) is 3.17. The highest BCUT2D eigenvalue weighted by Crippen LogP contribution is 2.35. The Morgan fingerprint density at radius 2 is 2.12 bits per heavy atom. The van der Waals surface area contributed by atoms with Gasteiger partial charge in [0.1, 0.15) is 17.6 Å². The van der Waals surface area contributed by atoms with Crippen molar-refractivity contribution in [1.29, 1.82) is 0 Å². The molecule has 1 aromatic carbocycles. The fraction of sp³-hybridized carbons (Fsp3) is 0.391. The number of imidazole rings is 1. The van der Waals surface area contributed by atoms with E-state index in [1.54, 1.807) is 6.20 Å². The number of nitrogens with one attached hydrogen (secondary N) is 1. The van der Waals surface area contributed by atoms with E-state index in [0.29, 0.717) is 31.1 Å². The molecule has 8 nitrogen and oxygen atoms in total. The van der Waals surface area contributed by atoms with Crippen molar-refractivity contribution in [2.75, 3.05) is 23.4 Å². The van der Waals surface area contributed by atoms with Crippen LogP contribution in [0.2, 0.25) is 0 Å². The van der Waals surface area contributed by atoms with Gasteiger partial charge in [-0.3, -0.25) is 9.36 Å². The van der Waals surface area contributed by atoms with E-state index in [4.69, 9.17) is 9.72 Å². The van der Waals surface area contributed by atoms with E-state index < -0.39 is 17.7 Å². The molecule has 2 aromatic heterocycles. The SMILES string of the molecule is CC[C@@H]1C(=O)Nc2cnc(-n3ccnc3-c3cccc(F)c3F)nc2N1C1CCCCOC1. The number of anilines is 2. The lowest BCUT2D eigenvalue weighted by Gasteiger charge is -2.41. The van der Waals surface area contributed by atoms with Crippen molar-refractivity contribution in [3.05, 3.63) is 48.4 Å². The van der Waals surface area contributed by atoms with Crippen LogP contribution in [0.25, 0.3) is 17.3 Å². The molecule has 0 spiro atoms. The number of aromatic nitrogens is 4. The number of rotatable bonds is 4. The quantitative estimate of drug-likeness (QED) is 0.647. The van der Waals surface area contributed by atoms with Gasteiger partial charge in [-0.05, 0) is 37.8 Å². The number of fused-ring (bicyclic) bond motifs is 1. The second-order valence-corrected chi connectivity index (χ2v) is 8.17. The van der Waals surface area contributed by atoms with Crippen LogP contribution in [0, 0.1) is 11.6 Å². The summed E-state index contributed by atoms with van der Waals surface area (Å²) < 4.78 is 35.6. The zero-order valence-corrected chi connectivity index (χ0v) is 18.2. The number of carbonyl (C=O) groups excluding carboxylic acids is 1. The largest absolute Gasteiger partial charge is 0.379 e. The molecule has 5 rings (SSSR count). The molecule has 0 radical (unpaired) electrons. The first kappa shape index (κ1) is 21.4. The van der Waals surface area contributed by atoms with Crippen LogP contribution in [0.4, 0.5) is 20.3 Å². The third-order valence-corrected chi connectivity index (χ3v) is 6.11. The van der Waals surface area contributed by atoms with Crippen LogP contribution in [0.1, 0.15) is 32.6 Å². The number of nitrogens with zero attached hydrogens (tertiary/aromatic N) is 5. The Labute approximate surface area is 189 Å². The Morgan fingerprint density at radius 1 is 1.24 bits per heavy atom. The predicted molar refractivity (Wildman–Crippen MR) is 118 cm³/mol. The van der Waals surface area contributed by atoms with Gasteiger partial charge in [0, 0.05) is 19.0 Å². The monoisotopic (exact) mass is 454 g/mol. The molecular weight excluding hydrogens is 430 g/mol. The second-order valence-electron chi connectivity index (χ2n) is 8.17. The molecule has 1 saturated heterocycles. The van der Waals surface area contributed by atoms with Gasteiger partial charge in [-0.2, -0.15) is 4.98 Å². The fourth-order valence-corrected chi connectivity index (χ4v) is 4.51. The molecule has 1 fully saturated rings. The van der Waals surface area contributed by atoms with Gasteiger partial charge in [0.25, 0.3) is 0 Å². The summed E-state index contributed by atoms with van der Waals surface area (Å²) in [7, 11) is 0. The number of halogens is 2. The molecule has 1 amide bonds. The normalized spacial score (nSPS) is 20.8. The van der Waals surface area contributed by atoms with E-state index in [9.17, 15) is 13.6 Å². The molecule has 0 aliphatic carbocycles. The first-order chi connectivity index (χ1) is 16.1. The molecule has 2 atom stereocenters. The van der Waals surface area contributed by atoms with E-state index in [1.807, 2.05) is 11.8 Å². The lowest BCUT2D eigenvalue weighted by molar-refractivity contribution is -0.118. The topological polar surface area (TPSA) is 85.2 Å². The average Bonchev–Trinajstić information content (AvgIpc) is 3.14. The molecule has 1 unspecified atom stereocenters. The number of ether oxygens (including phenoxy) is 1. The number of hydrogen-bond acceptors (Lipinski definition) is 6. The molecule has 0 saturated carbocycles. The van der Waals surface area contributed by atoms with E-state index in [1.165, 1.54) is 29.1 Å². The van der Waals surface area contributed by atoms with E-state index in [2.05, 4.69) is 15.3 Å². The van der Waals surface area contributed by atoms with E-state index in [-0.39, 0.29) is 29.3 Å². The minimum atomic E-state index is -0.988. The Bertz CT molecular complexity index is 1180. The molecule has 2 aliphatic heterocycles. The maximum absolute atomic E-state index is 14.5. The van der Waals surface area contributed by atoms with Crippen LogP contribution in [-0.4, -0.2) is 50.7 Å². The smallest absolute Gasteiger partial charge is 0.247 e. The second kappa shape index (κ2) is 8.86. The third-order valence-electron chi connectivity index (χ3n) is 6.11. The van der Waals surface area contributed by atoms with Crippen molar-refractivity contribution < 1.29 is 18.3 Å². The fourth-order valence-electron chi connectivity index (χ4n) is 4.51. The summed E-state index contributed by atoms with van der Waals surface area (Å²) >= 11 is 0. The zero-order valence-electron chi connectivity index (χ0n) is 18.2. The summed E-state index contributed by atoms with van der Waals surface area (Å²) in [5.41, 5.74) is 0.520. The predicted octanol–water partition coefficient (Wildman–Crippen LogP) is 3.71. The lowest BCUT2D eigenvalue weighted by Crippen LogP contribution is -2.54. The van der Waals surface area contributed by atoms with Crippen LogP contribution < -0.4 is 10.2 Å². The molecule has 1 N–H and O–H groups in total. The minimum absolute atomic E-state index is 0.00655. The standard InChI is InChI=1S/C23H24F2N6O2/c1-2-18-22(32)28-17-12-27-23(29-21(17)31(18)14-6-3-4-11-33-13-14)30-10-9-26-20(30)15-7-5-8-16(24)19(15)25/h5,7-10,12,14,18H,2-4,6,11,13H2,1H3,(H,28,32)/t14?,18-/m1/s1. The molecular formula is C23H24F2N6O2. The number of amides is 1. The summed E-state index contributed by atoms with van der Waals surface area (Å²) in [6, 6.07) is 3.54. The number of carbonyl (C=O) groups is 1. The van der Waals surface area contributed by atoms with Gasteiger partial charge in [-0.25, -0.2) is 18.7 Å². The Kier molecular flexibility index (Phi) is 5.76. The number of benzene rings is 1. The van der Waals surface area contributed by atoms with Crippen LogP contribution in [0.15, 0.2) is 36.8 Å². The molecule has 3 aromatic rings. The Balaban J connectivity index is 1.60. The average molecular weight is 454 g/mol. The van der Waals surface area contributed by atoms with Crippen molar-refractivity contribution in [3.63, 3.8) is 0 Å². The highest BCUT2D eigenvalue weighted by molar-refractivity contribution is 6.02. The van der Waals surface area contributed by atoms with Gasteiger partial charge in [0.2, 0.25) is 11.9 Å². The lowest BCUT2D eigenvalue weighted by atomic mass is 10.0. The minimum Gasteiger partial charge on any atom is -0.379 e. The molecule has 33 heavy (non-hydrogen) atoms. The molecule has 2 aliphatic rings. The maximum atomic E-state index is 14.5. The summed E-state index contributed by atoms with van der Waals surface area (Å²) in [6.07, 6.45) is 8.08. The summed E-state index contributed by atoms with van der Waals surface area (Å²) in [5, 5.41) is 2.90. The van der Waals surface area contributed by atoms with E-state index in [0.717, 1.165) is 25.3 Å². The van der Waals surface area contributed by atoms with E-state index >= 15 is 0 Å². The van der Waals surface area contributed by atoms with Crippen molar-refractivity contribution in [2.24, 2.45) is 0 Å². The van der Waals surface area contributed by atoms with Gasteiger partial charge in [-0.1, -0.05) is 13.0 Å². The Hall–Kier alpha value is -3.40. The van der Waals surface area contributed by atoms with Crippen LogP contribution in [-0.2, 0) is 9.53 Å². The van der Waals surface area contributed by atoms with Crippen molar-refractivity contribution >= 4 is 17.4 Å². The summed E-state index contributed by atoms with van der Waals surface area (Å²) in [4.78, 5) is 28.2. The van der Waals surface area contributed by atoms with Crippen LogP contribution in [0.5, 0.6) is 0 Å². The van der Waals surface area contributed by atoms with Crippen molar-refractivity contribution in [3.8, 4) is 17.3 Å². The zero-order chi connectivity index (χ0) is 22.9. The van der Waals surface area contributed by atoms with Crippen molar-refractivity contribution in [1.82, 2.24) is 19.5 Å². The van der Waals surface area contributed by atoms with Crippen LogP contribution >= 0.6 is 0 Å². The van der Waals surface area contributed by atoms with Gasteiger partial charge < -0.3 is 15.0 Å². The van der Waals surface area contributed by atoms with Gasteiger partial charge >= 0.3 is 0 Å². The van der Waals surface area contributed by atoms with Gasteiger partial charge in [-0.15, -0.1) is 0 Å². The third kappa shape index (κ3) is 3.84. The first-order valence-corrected chi connectivity index (χ1v) is 11.1. The molecule has 4 heterocycles. The molecule has 172 valence electrons. The van der Waals surface area contributed by atoms with Gasteiger partial charge in [0.15, 0.2) is 17.5 Å². The Morgan fingerprint density at radius 3 is 2.97 bits per heavy atom. The van der Waals surface area contributed by atoms with Crippen LogP contribution in [0.3, 0.4) is 0 Å². The van der Waals surface area contributed by atoms with Gasteiger partial charge in [0.05, 0.1) is 24.4 Å². The highest BCUT2D eigenvalue weighted by atomic mass is 19.2. The number of hydrogen-bond donors (Lipinski definition) is 1. The maximum Gasteiger partial charge on any atom is 0.247 e. The highest BCUT2D eigenvalue weighted by Gasteiger charge is 2.38. The molecule has 0 bridgehead atoms. The molecule has 10 heteroatoms.